The summed E-state index contributed by atoms with van der Waals surface area (Å²) in [6.07, 6.45) is 0. The van der Waals surface area contributed by atoms with Gasteiger partial charge in [0.15, 0.2) is 5.56 Å². The highest BCUT2D eigenvalue weighted by molar-refractivity contribution is 7.11. The Morgan fingerprint density at radius 1 is 1.33 bits per heavy atom. The van der Waals surface area contributed by atoms with E-state index in [0.29, 0.717) is 30.9 Å². The van der Waals surface area contributed by atoms with Crippen molar-refractivity contribution in [2.45, 2.75) is 27.4 Å². The first-order chi connectivity index (χ1) is 15.7. The molecule has 1 aliphatic rings. The molecule has 0 aliphatic carbocycles. The quantitative estimate of drug-likeness (QED) is 0.505. The molecule has 180 valence electrons. The molecular formula is C22H29FN4O5S. The molecule has 1 atom stereocenters. The molecule has 9 nitrogen and oxygen atoms in total. The maximum absolute atomic E-state index is 14.3. The number of carboxylic acid groups (broad SMARTS) is 1. The zero-order valence-corrected chi connectivity index (χ0v) is 19.8. The first-order valence-electron chi connectivity index (χ1n) is 10.7. The number of carbonyl (C=O) groups excluding carboxylic acids is 1. The molecule has 33 heavy (non-hydrogen) atoms. The van der Waals surface area contributed by atoms with Crippen molar-refractivity contribution < 1.29 is 28.6 Å². The van der Waals surface area contributed by atoms with Crippen LogP contribution in [0.3, 0.4) is 0 Å². The summed E-state index contributed by atoms with van der Waals surface area (Å²) >= 11 is 0.798. The Balaban J connectivity index is 1.57. The SMILES string of the molecule is Cc1cc(C)c(COc2nsc(NC(=O)NCC(C)CN3CCOCC3)c2C(=O)O)c(F)c1. The lowest BCUT2D eigenvalue weighted by Gasteiger charge is -2.29. The molecule has 0 spiro atoms. The number of rotatable bonds is 9. The molecule has 2 heterocycles. The van der Waals surface area contributed by atoms with E-state index in [1.165, 1.54) is 6.07 Å². The van der Waals surface area contributed by atoms with E-state index in [1.54, 1.807) is 13.8 Å². The first-order valence-corrected chi connectivity index (χ1v) is 11.5. The Hall–Kier alpha value is -2.76. The number of benzene rings is 1. The number of morpholine rings is 1. The second kappa shape index (κ2) is 11.4. The monoisotopic (exact) mass is 480 g/mol. The second-order valence-electron chi connectivity index (χ2n) is 8.18. The van der Waals surface area contributed by atoms with Crippen molar-refractivity contribution in [2.75, 3.05) is 44.7 Å². The van der Waals surface area contributed by atoms with Crippen molar-refractivity contribution in [1.29, 1.82) is 0 Å². The number of hydrogen-bond donors (Lipinski definition) is 3. The number of amides is 2. The lowest BCUT2D eigenvalue weighted by atomic mass is 10.1. The first kappa shape index (κ1) is 24.9. The summed E-state index contributed by atoms with van der Waals surface area (Å²) < 4.78 is 29.1. The normalized spacial score (nSPS) is 15.2. The molecule has 2 amide bonds. The highest BCUT2D eigenvalue weighted by Gasteiger charge is 2.24. The number of aryl methyl sites for hydroxylation is 2. The fourth-order valence-corrected chi connectivity index (χ4v) is 4.34. The Kier molecular flexibility index (Phi) is 8.59. The van der Waals surface area contributed by atoms with E-state index in [4.69, 9.17) is 9.47 Å². The molecule has 1 aliphatic heterocycles. The Morgan fingerprint density at radius 3 is 2.73 bits per heavy atom. The highest BCUT2D eigenvalue weighted by atomic mass is 32.1. The van der Waals surface area contributed by atoms with E-state index in [-0.39, 0.29) is 29.0 Å². The largest absolute Gasteiger partial charge is 0.477 e. The van der Waals surface area contributed by atoms with E-state index < -0.39 is 17.8 Å². The summed E-state index contributed by atoms with van der Waals surface area (Å²) in [4.78, 5) is 26.4. The number of aromatic carboxylic acids is 1. The van der Waals surface area contributed by atoms with Crippen LogP contribution in [0, 0.1) is 25.6 Å². The number of halogens is 1. The summed E-state index contributed by atoms with van der Waals surface area (Å²) in [5.74, 6) is -1.68. The van der Waals surface area contributed by atoms with Gasteiger partial charge in [-0.05, 0) is 48.5 Å². The summed E-state index contributed by atoms with van der Waals surface area (Å²) in [5, 5.41) is 15.0. The standard InChI is InChI=1S/C22H29FN4O5S/c1-13-8-15(3)16(17(23)9-13)12-32-19-18(21(28)29)20(33-26-19)25-22(30)24-10-14(2)11-27-4-6-31-7-5-27/h8-9,14H,4-7,10-12H2,1-3H3,(H,28,29)(H2,24,25,30). The van der Waals surface area contributed by atoms with Gasteiger partial charge in [0, 0.05) is 31.7 Å². The van der Waals surface area contributed by atoms with Gasteiger partial charge in [0.2, 0.25) is 5.88 Å². The smallest absolute Gasteiger partial charge is 0.344 e. The van der Waals surface area contributed by atoms with Crippen molar-refractivity contribution in [1.82, 2.24) is 14.6 Å². The molecule has 3 N–H and O–H groups in total. The van der Waals surface area contributed by atoms with E-state index in [0.717, 1.165) is 36.7 Å². The lowest BCUT2D eigenvalue weighted by Crippen LogP contribution is -2.42. The maximum atomic E-state index is 14.3. The minimum Gasteiger partial charge on any atom is -0.477 e. The van der Waals surface area contributed by atoms with E-state index >= 15 is 0 Å². The van der Waals surface area contributed by atoms with Gasteiger partial charge in [-0.15, -0.1) is 0 Å². The molecule has 2 aromatic rings. The minimum absolute atomic E-state index is 0.0527. The van der Waals surface area contributed by atoms with E-state index in [2.05, 4.69) is 19.9 Å². The van der Waals surface area contributed by atoms with Crippen LogP contribution in [-0.4, -0.2) is 65.8 Å². The van der Waals surface area contributed by atoms with Gasteiger partial charge >= 0.3 is 12.0 Å². The zero-order valence-electron chi connectivity index (χ0n) is 18.9. The lowest BCUT2D eigenvalue weighted by molar-refractivity contribution is 0.0320. The molecule has 1 aromatic heterocycles. The highest BCUT2D eigenvalue weighted by Crippen LogP contribution is 2.31. The summed E-state index contributed by atoms with van der Waals surface area (Å²) in [6, 6.07) is 2.68. The third kappa shape index (κ3) is 6.86. The summed E-state index contributed by atoms with van der Waals surface area (Å²) in [7, 11) is 0. The minimum atomic E-state index is -1.30. The predicted octanol–water partition coefficient (Wildman–Crippen LogP) is 3.27. The number of hydrogen-bond acceptors (Lipinski definition) is 7. The fraction of sp³-hybridized carbons (Fsp3) is 0.500. The molecule has 1 aromatic carbocycles. The van der Waals surface area contributed by atoms with Gasteiger partial charge < -0.3 is 19.9 Å². The van der Waals surface area contributed by atoms with Gasteiger partial charge in [-0.2, -0.15) is 4.37 Å². The Morgan fingerprint density at radius 2 is 2.06 bits per heavy atom. The topological polar surface area (TPSA) is 113 Å². The number of aromatic nitrogens is 1. The van der Waals surface area contributed by atoms with Crippen molar-refractivity contribution in [3.05, 3.63) is 40.2 Å². The van der Waals surface area contributed by atoms with Crippen molar-refractivity contribution in [3.63, 3.8) is 0 Å². The molecule has 1 saturated heterocycles. The average Bonchev–Trinajstić information content (AvgIpc) is 3.15. The van der Waals surface area contributed by atoms with Crippen LogP contribution in [0.1, 0.15) is 34.0 Å². The number of carboxylic acids is 1. The van der Waals surface area contributed by atoms with Crippen LogP contribution >= 0.6 is 11.5 Å². The van der Waals surface area contributed by atoms with E-state index in [9.17, 15) is 19.1 Å². The number of anilines is 1. The number of ether oxygens (including phenoxy) is 2. The van der Waals surface area contributed by atoms with Crippen molar-refractivity contribution in [2.24, 2.45) is 5.92 Å². The van der Waals surface area contributed by atoms with Crippen LogP contribution in [-0.2, 0) is 11.3 Å². The molecule has 1 fully saturated rings. The van der Waals surface area contributed by atoms with E-state index in [1.807, 2.05) is 13.0 Å². The second-order valence-corrected chi connectivity index (χ2v) is 8.95. The number of nitrogens with zero attached hydrogens (tertiary/aromatic N) is 2. The van der Waals surface area contributed by atoms with Crippen LogP contribution in [0.15, 0.2) is 12.1 Å². The molecule has 1 unspecified atom stereocenters. The third-order valence-electron chi connectivity index (χ3n) is 5.30. The predicted molar refractivity (Wildman–Crippen MR) is 123 cm³/mol. The number of nitrogens with one attached hydrogen (secondary N) is 2. The number of urea groups is 1. The third-order valence-corrected chi connectivity index (χ3v) is 6.05. The van der Waals surface area contributed by atoms with Gasteiger partial charge in [0.1, 0.15) is 17.4 Å². The van der Waals surface area contributed by atoms with Crippen LogP contribution < -0.4 is 15.4 Å². The van der Waals surface area contributed by atoms with Gasteiger partial charge in [-0.3, -0.25) is 10.2 Å². The van der Waals surface area contributed by atoms with Gasteiger partial charge in [0.05, 0.1) is 13.2 Å². The Labute approximate surface area is 196 Å². The molecule has 0 bridgehead atoms. The van der Waals surface area contributed by atoms with Gasteiger partial charge in [0.25, 0.3) is 0 Å². The maximum Gasteiger partial charge on any atom is 0.344 e. The van der Waals surface area contributed by atoms with Crippen LogP contribution in [0.4, 0.5) is 14.2 Å². The number of carbonyl (C=O) groups is 2. The molecule has 3 rings (SSSR count). The fourth-order valence-electron chi connectivity index (χ4n) is 3.62. The molecule has 0 radical (unpaired) electrons. The van der Waals surface area contributed by atoms with Crippen LogP contribution in [0.2, 0.25) is 0 Å². The molecular weight excluding hydrogens is 451 g/mol. The van der Waals surface area contributed by atoms with Crippen LogP contribution in [0.25, 0.3) is 0 Å². The molecule has 0 saturated carbocycles. The van der Waals surface area contributed by atoms with Gasteiger partial charge in [-0.25, -0.2) is 14.0 Å². The Bertz CT molecular complexity index is 970. The zero-order chi connectivity index (χ0) is 24.0. The molecule has 11 heteroatoms. The van der Waals surface area contributed by atoms with Crippen molar-refractivity contribution in [3.8, 4) is 5.88 Å². The summed E-state index contributed by atoms with van der Waals surface area (Å²) in [5.41, 5.74) is 1.54. The van der Waals surface area contributed by atoms with Crippen molar-refractivity contribution >= 4 is 28.5 Å². The summed E-state index contributed by atoms with van der Waals surface area (Å²) in [6.45, 7) is 9.83. The van der Waals surface area contributed by atoms with Crippen LogP contribution in [0.5, 0.6) is 5.88 Å². The van der Waals surface area contributed by atoms with Gasteiger partial charge in [-0.1, -0.05) is 13.0 Å². The average molecular weight is 481 g/mol.